The topological polar surface area (TPSA) is 25.8 Å². The molecular weight excluding hydrogens is 701 g/mol. The van der Waals surface area contributed by atoms with Crippen LogP contribution in [0.3, 0.4) is 0 Å². The van der Waals surface area contributed by atoms with Gasteiger partial charge in [0.1, 0.15) is 0 Å². The Bertz CT molecular complexity index is 3250. The van der Waals surface area contributed by atoms with Gasteiger partial charge in [-0.15, -0.1) is 0 Å². The van der Waals surface area contributed by atoms with E-state index in [1.807, 2.05) is 6.07 Å². The van der Waals surface area contributed by atoms with E-state index in [0.717, 1.165) is 61.2 Å². The van der Waals surface area contributed by atoms with E-state index in [0.29, 0.717) is 0 Å². The van der Waals surface area contributed by atoms with Crippen LogP contribution in [-0.2, 0) is 0 Å². The zero-order chi connectivity index (χ0) is 38.4. The van der Waals surface area contributed by atoms with Crippen LogP contribution in [0, 0.1) is 0 Å². The Balaban J connectivity index is 1.12. The molecule has 0 aliphatic heterocycles. The molecule has 2 heteroatoms. The van der Waals surface area contributed by atoms with Crippen molar-refractivity contribution in [3.05, 3.63) is 218 Å². The fourth-order valence-electron chi connectivity index (χ4n) is 8.61. The van der Waals surface area contributed by atoms with Crippen LogP contribution in [0.5, 0.6) is 0 Å². The van der Waals surface area contributed by atoms with Gasteiger partial charge in [0, 0.05) is 27.5 Å². The van der Waals surface area contributed by atoms with Crippen molar-refractivity contribution in [3.63, 3.8) is 0 Å². The zero-order valence-corrected chi connectivity index (χ0v) is 31.7. The normalized spacial score (nSPS) is 11.4. The molecule has 0 radical (unpaired) electrons. The Morgan fingerprint density at radius 1 is 0.224 bits per heavy atom. The van der Waals surface area contributed by atoms with Gasteiger partial charge in [-0.1, -0.05) is 194 Å². The second-order valence-corrected chi connectivity index (χ2v) is 14.9. The van der Waals surface area contributed by atoms with E-state index in [1.165, 1.54) is 49.2 Å². The van der Waals surface area contributed by atoms with Crippen LogP contribution < -0.4 is 0 Å². The summed E-state index contributed by atoms with van der Waals surface area (Å²) in [5, 5.41) is 8.27. The smallest absolute Gasteiger partial charge is 0.0794 e. The van der Waals surface area contributed by atoms with Crippen molar-refractivity contribution < 1.29 is 0 Å². The molecule has 0 aliphatic rings. The molecule has 11 aromatic rings. The van der Waals surface area contributed by atoms with Crippen LogP contribution in [0.2, 0.25) is 0 Å². The lowest BCUT2D eigenvalue weighted by Crippen LogP contribution is -1.94. The third kappa shape index (κ3) is 5.91. The third-order valence-electron chi connectivity index (χ3n) is 11.5. The van der Waals surface area contributed by atoms with Crippen molar-refractivity contribution in [2.75, 3.05) is 0 Å². The maximum Gasteiger partial charge on any atom is 0.0794 e. The zero-order valence-electron chi connectivity index (χ0n) is 31.7. The lowest BCUT2D eigenvalue weighted by molar-refractivity contribution is 1.32. The molecule has 0 amide bonds. The summed E-state index contributed by atoms with van der Waals surface area (Å²) in [5.41, 5.74) is 14.2. The van der Waals surface area contributed by atoms with Crippen LogP contribution in [-0.4, -0.2) is 9.97 Å². The van der Waals surface area contributed by atoms with Gasteiger partial charge in [-0.2, -0.15) is 0 Å². The van der Waals surface area contributed by atoms with Crippen LogP contribution >= 0.6 is 0 Å². The van der Waals surface area contributed by atoms with Gasteiger partial charge in [-0.25, -0.2) is 9.97 Å². The molecule has 0 atom stereocenters. The highest BCUT2D eigenvalue weighted by atomic mass is 14.7. The highest BCUT2D eigenvalue weighted by molar-refractivity contribution is 6.18. The first-order valence-corrected chi connectivity index (χ1v) is 19.8. The first kappa shape index (κ1) is 33.6. The Morgan fingerprint density at radius 3 is 1.40 bits per heavy atom. The second-order valence-electron chi connectivity index (χ2n) is 14.9. The van der Waals surface area contributed by atoms with Gasteiger partial charge in [-0.05, 0) is 84.6 Å². The summed E-state index contributed by atoms with van der Waals surface area (Å²) in [6.45, 7) is 0. The van der Waals surface area contributed by atoms with Crippen LogP contribution in [0.15, 0.2) is 218 Å². The van der Waals surface area contributed by atoms with Crippen molar-refractivity contribution in [2.24, 2.45) is 0 Å². The maximum absolute atomic E-state index is 5.54. The Labute approximate surface area is 337 Å². The van der Waals surface area contributed by atoms with Gasteiger partial charge < -0.3 is 0 Å². The van der Waals surface area contributed by atoms with Gasteiger partial charge in [0.05, 0.1) is 22.6 Å². The van der Waals surface area contributed by atoms with Gasteiger partial charge in [0.15, 0.2) is 0 Å². The standard InChI is InChI=1S/C56H36N2/c1-3-15-37(16-4-1)43-33-53(41-19-5-2-6-20-41)57-54(34-43)42-31-29-40(30-32-42)50-35-52-51(46-27-13-21-38-17-7-9-23-44(38)46)36-55(58-56(52)49-26-12-11-25-47(49)50)48-28-14-22-39-18-8-10-24-45(39)48/h1-36H. The molecule has 0 spiro atoms. The van der Waals surface area contributed by atoms with Gasteiger partial charge in [0.2, 0.25) is 0 Å². The molecule has 0 fully saturated rings. The minimum Gasteiger partial charge on any atom is -0.248 e. The fourth-order valence-corrected chi connectivity index (χ4v) is 8.61. The number of hydrogen-bond acceptors (Lipinski definition) is 2. The molecule has 0 unspecified atom stereocenters. The summed E-state index contributed by atoms with van der Waals surface area (Å²) in [5.74, 6) is 0. The van der Waals surface area contributed by atoms with E-state index in [1.54, 1.807) is 0 Å². The lowest BCUT2D eigenvalue weighted by atomic mass is 9.89. The molecule has 58 heavy (non-hydrogen) atoms. The summed E-state index contributed by atoms with van der Waals surface area (Å²) in [7, 11) is 0. The lowest BCUT2D eigenvalue weighted by Gasteiger charge is -2.17. The first-order chi connectivity index (χ1) is 28.7. The molecule has 270 valence electrons. The Kier molecular flexibility index (Phi) is 8.19. The van der Waals surface area contributed by atoms with Crippen molar-refractivity contribution in [2.45, 2.75) is 0 Å². The highest BCUT2D eigenvalue weighted by Crippen LogP contribution is 2.43. The second kappa shape index (κ2) is 14.1. The molecule has 2 aromatic heterocycles. The number of nitrogens with zero attached hydrogens (tertiary/aromatic N) is 2. The fraction of sp³-hybridized carbons (Fsp3) is 0. The van der Waals surface area contributed by atoms with Crippen molar-refractivity contribution >= 4 is 43.2 Å². The number of benzene rings is 9. The van der Waals surface area contributed by atoms with Crippen LogP contribution in [0.4, 0.5) is 0 Å². The average molecular weight is 737 g/mol. The summed E-state index contributed by atoms with van der Waals surface area (Å²) < 4.78 is 0. The van der Waals surface area contributed by atoms with Crippen LogP contribution in [0.1, 0.15) is 0 Å². The molecule has 2 nitrogen and oxygen atoms in total. The minimum atomic E-state index is 0.943. The molecular formula is C56H36N2. The van der Waals surface area contributed by atoms with E-state index in [4.69, 9.17) is 9.97 Å². The monoisotopic (exact) mass is 736 g/mol. The Morgan fingerprint density at radius 2 is 0.724 bits per heavy atom. The number of fused-ring (bicyclic) bond motifs is 5. The maximum atomic E-state index is 5.54. The number of rotatable bonds is 6. The van der Waals surface area contributed by atoms with Crippen LogP contribution in [0.25, 0.3) is 110 Å². The third-order valence-corrected chi connectivity index (χ3v) is 11.5. The molecule has 0 saturated carbocycles. The van der Waals surface area contributed by atoms with E-state index in [-0.39, 0.29) is 0 Å². The van der Waals surface area contributed by atoms with Gasteiger partial charge >= 0.3 is 0 Å². The van der Waals surface area contributed by atoms with Crippen molar-refractivity contribution in [1.29, 1.82) is 0 Å². The SMILES string of the molecule is c1ccc(-c2cc(-c3ccccc3)nc(-c3ccc(-c4cc5c(-c6cccc7ccccc67)cc(-c6cccc7ccccc67)nc5c5ccccc45)cc3)c2)cc1. The number of hydrogen-bond donors (Lipinski definition) is 0. The number of pyridine rings is 2. The van der Waals surface area contributed by atoms with Crippen molar-refractivity contribution in [1.82, 2.24) is 9.97 Å². The van der Waals surface area contributed by atoms with Gasteiger partial charge in [-0.3, -0.25) is 0 Å². The first-order valence-electron chi connectivity index (χ1n) is 19.8. The van der Waals surface area contributed by atoms with Crippen molar-refractivity contribution in [3.8, 4) is 67.2 Å². The van der Waals surface area contributed by atoms with E-state index in [9.17, 15) is 0 Å². The molecule has 0 bridgehead atoms. The summed E-state index contributed by atoms with van der Waals surface area (Å²) in [4.78, 5) is 10.7. The highest BCUT2D eigenvalue weighted by Gasteiger charge is 2.18. The predicted octanol–water partition coefficient (Wildman–Crippen LogP) is 15.1. The molecule has 9 aromatic carbocycles. The van der Waals surface area contributed by atoms with E-state index >= 15 is 0 Å². The Hall–Kier alpha value is -7.68. The van der Waals surface area contributed by atoms with E-state index in [2.05, 4.69) is 212 Å². The quantitative estimate of drug-likeness (QED) is 0.159. The van der Waals surface area contributed by atoms with E-state index < -0.39 is 0 Å². The van der Waals surface area contributed by atoms with Gasteiger partial charge in [0.25, 0.3) is 0 Å². The largest absolute Gasteiger partial charge is 0.248 e. The molecule has 11 rings (SSSR count). The number of aromatic nitrogens is 2. The molecule has 2 heterocycles. The average Bonchev–Trinajstić information content (AvgIpc) is 3.31. The summed E-state index contributed by atoms with van der Waals surface area (Å²) in [6.07, 6.45) is 0. The predicted molar refractivity (Wildman–Crippen MR) is 245 cm³/mol. The summed E-state index contributed by atoms with van der Waals surface area (Å²) in [6, 6.07) is 78.2. The molecule has 0 N–H and O–H groups in total. The minimum absolute atomic E-state index is 0.943. The molecule has 0 aliphatic carbocycles. The molecule has 0 saturated heterocycles. The summed E-state index contributed by atoms with van der Waals surface area (Å²) >= 11 is 0.